The van der Waals surface area contributed by atoms with Gasteiger partial charge in [-0.25, -0.2) is 0 Å². The van der Waals surface area contributed by atoms with E-state index in [1.807, 2.05) is 38.4 Å². The molecule has 144 valence electrons. The fourth-order valence-electron chi connectivity index (χ4n) is 3.26. The molecule has 3 rings (SSSR count). The number of likely N-dealkylation sites (N-methyl/N-ethyl adjacent to an activating group) is 1. The molecule has 1 aliphatic rings. The van der Waals surface area contributed by atoms with Gasteiger partial charge in [-0.05, 0) is 49.3 Å². The van der Waals surface area contributed by atoms with Crippen molar-refractivity contribution in [2.45, 2.75) is 12.5 Å². The lowest BCUT2D eigenvalue weighted by Crippen LogP contribution is -2.30. The highest BCUT2D eigenvalue weighted by atomic mass is 16.6. The number of methoxy groups -OCH3 is 1. The van der Waals surface area contributed by atoms with E-state index in [4.69, 9.17) is 9.47 Å². The Balaban J connectivity index is 1.91. The van der Waals surface area contributed by atoms with E-state index in [0.717, 1.165) is 36.4 Å². The summed E-state index contributed by atoms with van der Waals surface area (Å²) in [6.07, 6.45) is 0.896. The molecule has 7 nitrogen and oxygen atoms in total. The van der Waals surface area contributed by atoms with Crippen molar-refractivity contribution in [1.29, 1.82) is 0 Å². The van der Waals surface area contributed by atoms with Gasteiger partial charge in [-0.2, -0.15) is 0 Å². The van der Waals surface area contributed by atoms with Crippen LogP contribution in [0.2, 0.25) is 0 Å². The van der Waals surface area contributed by atoms with E-state index in [1.54, 1.807) is 19.2 Å². The topological polar surface area (TPSA) is 76.9 Å². The summed E-state index contributed by atoms with van der Waals surface area (Å²) in [6.45, 7) is 2.21. The van der Waals surface area contributed by atoms with Gasteiger partial charge in [-0.15, -0.1) is 0 Å². The maximum Gasteiger partial charge on any atom is 0.269 e. The van der Waals surface area contributed by atoms with Crippen LogP contribution >= 0.6 is 0 Å². The molecule has 1 unspecified atom stereocenters. The second-order valence-electron chi connectivity index (χ2n) is 6.84. The van der Waals surface area contributed by atoms with E-state index in [0.29, 0.717) is 12.4 Å². The summed E-state index contributed by atoms with van der Waals surface area (Å²) < 4.78 is 11.5. The van der Waals surface area contributed by atoms with Gasteiger partial charge < -0.3 is 19.7 Å². The van der Waals surface area contributed by atoms with E-state index >= 15 is 0 Å². The summed E-state index contributed by atoms with van der Waals surface area (Å²) in [6, 6.07) is 10.7. The molecule has 0 radical (unpaired) electrons. The number of fused-ring (bicyclic) bond motifs is 1. The zero-order chi connectivity index (χ0) is 19.4. The van der Waals surface area contributed by atoms with Crippen molar-refractivity contribution in [1.82, 2.24) is 10.2 Å². The monoisotopic (exact) mass is 371 g/mol. The summed E-state index contributed by atoms with van der Waals surface area (Å²) in [4.78, 5) is 12.6. The molecule has 2 aromatic carbocycles. The van der Waals surface area contributed by atoms with Crippen LogP contribution in [0, 0.1) is 10.1 Å². The van der Waals surface area contributed by atoms with Crippen LogP contribution in [-0.2, 0) is 6.42 Å². The van der Waals surface area contributed by atoms with Gasteiger partial charge in [0.05, 0.1) is 18.1 Å². The molecule has 0 amide bonds. The predicted molar refractivity (Wildman–Crippen MR) is 104 cm³/mol. The smallest absolute Gasteiger partial charge is 0.269 e. The number of hydrogen-bond donors (Lipinski definition) is 1. The minimum absolute atomic E-state index is 0.0309. The molecule has 1 aliphatic heterocycles. The quantitative estimate of drug-likeness (QED) is 0.596. The molecule has 0 spiro atoms. The van der Waals surface area contributed by atoms with Crippen molar-refractivity contribution >= 4 is 5.69 Å². The SMILES string of the molecule is COc1cc2c(cc1OCCN(C)C)C(c1ccc([N+](=O)[O-])cc1)NCC2. The van der Waals surface area contributed by atoms with E-state index in [2.05, 4.69) is 10.2 Å². The van der Waals surface area contributed by atoms with Gasteiger partial charge >= 0.3 is 0 Å². The fraction of sp³-hybridized carbons (Fsp3) is 0.400. The highest BCUT2D eigenvalue weighted by Gasteiger charge is 2.24. The Morgan fingerprint density at radius 2 is 1.96 bits per heavy atom. The second kappa shape index (κ2) is 8.37. The molecule has 0 aromatic heterocycles. The lowest BCUT2D eigenvalue weighted by molar-refractivity contribution is -0.384. The van der Waals surface area contributed by atoms with Crippen LogP contribution in [0.1, 0.15) is 22.7 Å². The fourth-order valence-corrected chi connectivity index (χ4v) is 3.26. The Kier molecular flexibility index (Phi) is 5.93. The average molecular weight is 371 g/mol. The number of nitrogens with zero attached hydrogens (tertiary/aromatic N) is 2. The Hall–Kier alpha value is -2.64. The zero-order valence-electron chi connectivity index (χ0n) is 15.9. The number of nitrogens with one attached hydrogen (secondary N) is 1. The van der Waals surface area contributed by atoms with Crippen LogP contribution in [-0.4, -0.2) is 50.7 Å². The van der Waals surface area contributed by atoms with Crippen molar-refractivity contribution in [3.8, 4) is 11.5 Å². The van der Waals surface area contributed by atoms with Crippen molar-refractivity contribution < 1.29 is 14.4 Å². The summed E-state index contributed by atoms with van der Waals surface area (Å²) in [5.74, 6) is 1.45. The third-order valence-corrected chi connectivity index (χ3v) is 4.71. The molecule has 0 fully saturated rings. The third kappa shape index (κ3) is 4.37. The number of nitro groups is 1. The molecule has 1 N–H and O–H groups in total. The molecular weight excluding hydrogens is 346 g/mol. The van der Waals surface area contributed by atoms with Crippen molar-refractivity contribution in [2.24, 2.45) is 0 Å². The Bertz CT molecular complexity index is 806. The van der Waals surface area contributed by atoms with Crippen molar-refractivity contribution in [2.75, 3.05) is 40.9 Å². The van der Waals surface area contributed by atoms with E-state index < -0.39 is 0 Å². The van der Waals surface area contributed by atoms with Crippen LogP contribution in [0.25, 0.3) is 0 Å². The van der Waals surface area contributed by atoms with Gasteiger partial charge in [0.15, 0.2) is 11.5 Å². The Morgan fingerprint density at radius 3 is 2.59 bits per heavy atom. The summed E-state index contributed by atoms with van der Waals surface area (Å²) in [5, 5.41) is 14.4. The van der Waals surface area contributed by atoms with Gasteiger partial charge in [0, 0.05) is 25.2 Å². The number of hydrogen-bond acceptors (Lipinski definition) is 6. The van der Waals surface area contributed by atoms with Crippen LogP contribution in [0.4, 0.5) is 5.69 Å². The van der Waals surface area contributed by atoms with Crippen LogP contribution in [0.15, 0.2) is 36.4 Å². The molecule has 0 saturated heterocycles. The molecule has 0 saturated carbocycles. The van der Waals surface area contributed by atoms with Gasteiger partial charge in [-0.3, -0.25) is 10.1 Å². The summed E-state index contributed by atoms with van der Waals surface area (Å²) in [5.41, 5.74) is 3.41. The maximum absolute atomic E-state index is 10.9. The zero-order valence-corrected chi connectivity index (χ0v) is 15.9. The number of ether oxygens (including phenoxy) is 2. The number of nitro benzene ring substituents is 1. The minimum atomic E-state index is -0.381. The van der Waals surface area contributed by atoms with Crippen molar-refractivity contribution in [3.63, 3.8) is 0 Å². The summed E-state index contributed by atoms with van der Waals surface area (Å²) >= 11 is 0. The predicted octanol–water partition coefficient (Wildman–Crippen LogP) is 2.78. The molecule has 2 aromatic rings. The largest absolute Gasteiger partial charge is 0.493 e. The van der Waals surface area contributed by atoms with Gasteiger partial charge in [0.2, 0.25) is 0 Å². The van der Waals surface area contributed by atoms with Crippen molar-refractivity contribution in [3.05, 3.63) is 63.2 Å². The highest BCUT2D eigenvalue weighted by molar-refractivity contribution is 5.52. The molecule has 27 heavy (non-hydrogen) atoms. The highest BCUT2D eigenvalue weighted by Crippen LogP contribution is 2.37. The number of rotatable bonds is 7. The van der Waals surface area contributed by atoms with Crippen LogP contribution < -0.4 is 14.8 Å². The minimum Gasteiger partial charge on any atom is -0.493 e. The lowest BCUT2D eigenvalue weighted by atomic mass is 9.89. The Morgan fingerprint density at radius 1 is 1.22 bits per heavy atom. The number of non-ortho nitro benzene ring substituents is 1. The number of benzene rings is 2. The first kappa shape index (κ1) is 19.1. The first-order valence-electron chi connectivity index (χ1n) is 8.95. The summed E-state index contributed by atoms with van der Waals surface area (Å²) in [7, 11) is 5.65. The van der Waals surface area contributed by atoms with Gasteiger partial charge in [0.25, 0.3) is 5.69 Å². The Labute approximate surface area is 159 Å². The van der Waals surface area contributed by atoms with E-state index in [-0.39, 0.29) is 16.7 Å². The average Bonchev–Trinajstić information content (AvgIpc) is 2.66. The molecule has 1 atom stereocenters. The molecular formula is C20H25N3O4. The van der Waals surface area contributed by atoms with Gasteiger partial charge in [-0.1, -0.05) is 12.1 Å². The van der Waals surface area contributed by atoms with Gasteiger partial charge in [0.1, 0.15) is 6.61 Å². The normalized spacial score (nSPS) is 16.1. The lowest BCUT2D eigenvalue weighted by Gasteiger charge is -2.28. The molecule has 0 aliphatic carbocycles. The molecule has 0 bridgehead atoms. The van der Waals surface area contributed by atoms with Crippen LogP contribution in [0.5, 0.6) is 11.5 Å². The van der Waals surface area contributed by atoms with Crippen LogP contribution in [0.3, 0.4) is 0 Å². The van der Waals surface area contributed by atoms with E-state index in [9.17, 15) is 10.1 Å². The third-order valence-electron chi connectivity index (χ3n) is 4.71. The molecule has 1 heterocycles. The standard InChI is InChI=1S/C20H25N3O4/c1-22(2)10-11-27-19-13-17-15(12-18(19)26-3)8-9-21-20(17)14-4-6-16(7-5-14)23(24)25/h4-7,12-13,20-21H,8-11H2,1-3H3. The maximum atomic E-state index is 10.9. The van der Waals surface area contributed by atoms with E-state index in [1.165, 1.54) is 5.56 Å². The first-order valence-corrected chi connectivity index (χ1v) is 8.95. The first-order chi connectivity index (χ1) is 13.0. The molecule has 7 heteroatoms. The second-order valence-corrected chi connectivity index (χ2v) is 6.84.